The molecular weight excluding hydrogens is 327 g/mol. The van der Waals surface area contributed by atoms with Gasteiger partial charge in [-0.25, -0.2) is 9.37 Å². The summed E-state index contributed by atoms with van der Waals surface area (Å²) < 4.78 is 18.6. The Morgan fingerprint density at radius 2 is 2.17 bits per heavy atom. The van der Waals surface area contributed by atoms with Gasteiger partial charge in [-0.05, 0) is 41.3 Å². The van der Waals surface area contributed by atoms with Crippen LogP contribution in [0.1, 0.15) is 4.88 Å². The molecular formula is C18H15FN2O2S. The number of benzene rings is 1. The molecule has 6 heteroatoms. The van der Waals surface area contributed by atoms with Crippen molar-refractivity contribution >= 4 is 23.1 Å². The van der Waals surface area contributed by atoms with Gasteiger partial charge in [0.05, 0.1) is 13.5 Å². The predicted molar refractivity (Wildman–Crippen MR) is 92.8 cm³/mol. The number of aromatic nitrogens is 1. The van der Waals surface area contributed by atoms with Gasteiger partial charge in [0.2, 0.25) is 5.91 Å². The molecule has 0 radical (unpaired) electrons. The maximum Gasteiger partial charge on any atom is 0.230 e. The quantitative estimate of drug-likeness (QED) is 0.758. The molecule has 122 valence electrons. The van der Waals surface area contributed by atoms with Gasteiger partial charge in [-0.3, -0.25) is 4.79 Å². The Balaban J connectivity index is 1.80. The molecule has 3 aromatic rings. The molecule has 2 aromatic heterocycles. The maximum atomic E-state index is 13.3. The Morgan fingerprint density at radius 1 is 1.29 bits per heavy atom. The first kappa shape index (κ1) is 16.1. The van der Waals surface area contributed by atoms with E-state index < -0.39 is 0 Å². The van der Waals surface area contributed by atoms with Crippen LogP contribution in [-0.4, -0.2) is 18.0 Å². The first-order valence-electron chi connectivity index (χ1n) is 7.28. The summed E-state index contributed by atoms with van der Waals surface area (Å²) in [5, 5.41) is 4.71. The van der Waals surface area contributed by atoms with Crippen LogP contribution in [0.4, 0.5) is 10.2 Å². The minimum Gasteiger partial charge on any atom is -0.496 e. The van der Waals surface area contributed by atoms with Gasteiger partial charge in [-0.2, -0.15) is 0 Å². The second kappa shape index (κ2) is 7.23. The van der Waals surface area contributed by atoms with Crippen molar-refractivity contribution in [3.8, 4) is 16.9 Å². The monoisotopic (exact) mass is 342 g/mol. The van der Waals surface area contributed by atoms with Crippen LogP contribution in [0.25, 0.3) is 11.1 Å². The zero-order valence-electron chi connectivity index (χ0n) is 13.0. The van der Waals surface area contributed by atoms with E-state index in [1.165, 1.54) is 30.6 Å². The molecule has 3 rings (SSSR count). The molecule has 0 aliphatic rings. The summed E-state index contributed by atoms with van der Waals surface area (Å²) in [6, 6.07) is 11.7. The fourth-order valence-electron chi connectivity index (χ4n) is 2.33. The number of methoxy groups -OCH3 is 1. The smallest absolute Gasteiger partial charge is 0.230 e. The highest BCUT2D eigenvalue weighted by Crippen LogP contribution is 2.31. The van der Waals surface area contributed by atoms with Crippen molar-refractivity contribution in [2.45, 2.75) is 6.42 Å². The first-order chi connectivity index (χ1) is 11.7. The van der Waals surface area contributed by atoms with Crippen molar-refractivity contribution in [3.05, 3.63) is 64.7 Å². The predicted octanol–water partition coefficient (Wildman–Crippen LogP) is 4.14. The number of halogens is 1. The van der Waals surface area contributed by atoms with Crippen molar-refractivity contribution in [2.24, 2.45) is 0 Å². The van der Waals surface area contributed by atoms with Gasteiger partial charge < -0.3 is 10.1 Å². The van der Waals surface area contributed by atoms with Crippen LogP contribution in [0.15, 0.2) is 54.0 Å². The van der Waals surface area contributed by atoms with Gasteiger partial charge in [0.25, 0.3) is 0 Å². The van der Waals surface area contributed by atoms with Gasteiger partial charge in [-0.15, -0.1) is 11.3 Å². The molecule has 0 atom stereocenters. The fourth-order valence-corrected chi connectivity index (χ4v) is 3.03. The van der Waals surface area contributed by atoms with Crippen molar-refractivity contribution in [3.63, 3.8) is 0 Å². The van der Waals surface area contributed by atoms with Gasteiger partial charge in [0.1, 0.15) is 17.4 Å². The van der Waals surface area contributed by atoms with E-state index in [4.69, 9.17) is 4.74 Å². The zero-order chi connectivity index (χ0) is 16.9. The normalized spacial score (nSPS) is 10.4. The summed E-state index contributed by atoms with van der Waals surface area (Å²) in [6.45, 7) is 0. The third-order valence-electron chi connectivity index (χ3n) is 3.42. The molecule has 0 unspecified atom stereocenters. The molecule has 0 saturated heterocycles. The first-order valence-corrected chi connectivity index (χ1v) is 8.16. The maximum absolute atomic E-state index is 13.3. The molecule has 0 spiro atoms. The van der Waals surface area contributed by atoms with E-state index in [9.17, 15) is 9.18 Å². The summed E-state index contributed by atoms with van der Waals surface area (Å²) in [6.07, 6.45) is 1.91. The number of pyridine rings is 1. The Morgan fingerprint density at radius 3 is 2.92 bits per heavy atom. The molecule has 0 aliphatic carbocycles. The van der Waals surface area contributed by atoms with E-state index >= 15 is 0 Å². The topological polar surface area (TPSA) is 51.2 Å². The van der Waals surface area contributed by atoms with Gasteiger partial charge in [-0.1, -0.05) is 6.07 Å². The molecule has 0 bridgehead atoms. The summed E-state index contributed by atoms with van der Waals surface area (Å²) in [4.78, 5) is 17.2. The van der Waals surface area contributed by atoms with E-state index in [1.807, 2.05) is 17.5 Å². The average Bonchev–Trinajstić information content (AvgIpc) is 3.07. The minimum atomic E-state index is -0.367. The van der Waals surface area contributed by atoms with Crippen molar-refractivity contribution in [1.29, 1.82) is 0 Å². The number of rotatable bonds is 5. The average molecular weight is 342 g/mol. The Labute approximate surface area is 142 Å². The Kier molecular flexibility index (Phi) is 4.86. The van der Waals surface area contributed by atoms with E-state index in [1.54, 1.807) is 24.4 Å². The SMILES string of the molecule is COc1cc(F)ccc1-c1ccnc(NC(=O)Cc2cccs2)c1. The molecule has 1 aromatic carbocycles. The zero-order valence-corrected chi connectivity index (χ0v) is 13.8. The number of hydrogen-bond donors (Lipinski definition) is 1. The highest BCUT2D eigenvalue weighted by atomic mass is 32.1. The molecule has 0 saturated carbocycles. The highest BCUT2D eigenvalue weighted by Gasteiger charge is 2.10. The number of ether oxygens (including phenoxy) is 1. The van der Waals surface area contributed by atoms with E-state index in [-0.39, 0.29) is 11.7 Å². The van der Waals surface area contributed by atoms with Crippen LogP contribution in [0, 0.1) is 5.82 Å². The molecule has 24 heavy (non-hydrogen) atoms. The van der Waals surface area contributed by atoms with Crippen molar-refractivity contribution < 1.29 is 13.9 Å². The van der Waals surface area contributed by atoms with Crippen LogP contribution in [-0.2, 0) is 11.2 Å². The minimum absolute atomic E-state index is 0.131. The molecule has 0 aliphatic heterocycles. The number of nitrogens with zero attached hydrogens (tertiary/aromatic N) is 1. The molecule has 1 N–H and O–H groups in total. The third kappa shape index (κ3) is 3.78. The summed E-state index contributed by atoms with van der Waals surface area (Å²) in [7, 11) is 1.49. The molecule has 1 amide bonds. The van der Waals surface area contributed by atoms with E-state index in [2.05, 4.69) is 10.3 Å². The van der Waals surface area contributed by atoms with Gasteiger partial charge in [0.15, 0.2) is 0 Å². The van der Waals surface area contributed by atoms with Gasteiger partial charge in [0, 0.05) is 22.7 Å². The third-order valence-corrected chi connectivity index (χ3v) is 4.29. The number of anilines is 1. The second-order valence-corrected chi connectivity index (χ2v) is 6.11. The molecule has 0 fully saturated rings. The highest BCUT2D eigenvalue weighted by molar-refractivity contribution is 7.10. The van der Waals surface area contributed by atoms with Gasteiger partial charge >= 0.3 is 0 Å². The second-order valence-electron chi connectivity index (χ2n) is 5.08. The molecule has 4 nitrogen and oxygen atoms in total. The lowest BCUT2D eigenvalue weighted by atomic mass is 10.1. The van der Waals surface area contributed by atoms with Crippen molar-refractivity contribution in [1.82, 2.24) is 4.98 Å². The lowest BCUT2D eigenvalue weighted by Gasteiger charge is -2.10. The number of carbonyl (C=O) groups excluding carboxylic acids is 1. The summed E-state index contributed by atoms with van der Waals surface area (Å²) in [5.74, 6) is 0.375. The van der Waals surface area contributed by atoms with Crippen LogP contribution < -0.4 is 10.1 Å². The Hall–Kier alpha value is -2.73. The van der Waals surface area contributed by atoms with Crippen LogP contribution in [0.2, 0.25) is 0 Å². The largest absolute Gasteiger partial charge is 0.496 e. The fraction of sp³-hybridized carbons (Fsp3) is 0.111. The number of thiophene rings is 1. The van der Waals surface area contributed by atoms with E-state index in [0.717, 1.165) is 16.0 Å². The standard InChI is InChI=1S/C18H15FN2O2S/c1-23-16-10-13(19)4-5-15(16)12-6-7-20-17(9-12)21-18(22)11-14-3-2-8-24-14/h2-10H,11H2,1H3,(H,20,21,22). The van der Waals surface area contributed by atoms with Crippen LogP contribution >= 0.6 is 11.3 Å². The molecule has 2 heterocycles. The number of carbonyl (C=O) groups is 1. The number of nitrogens with one attached hydrogen (secondary N) is 1. The number of hydrogen-bond acceptors (Lipinski definition) is 4. The lowest BCUT2D eigenvalue weighted by molar-refractivity contribution is -0.115. The van der Waals surface area contributed by atoms with E-state index in [0.29, 0.717) is 18.0 Å². The van der Waals surface area contributed by atoms with Crippen LogP contribution in [0.3, 0.4) is 0 Å². The summed E-state index contributed by atoms with van der Waals surface area (Å²) in [5.41, 5.74) is 1.52. The van der Waals surface area contributed by atoms with Crippen molar-refractivity contribution in [2.75, 3.05) is 12.4 Å². The summed E-state index contributed by atoms with van der Waals surface area (Å²) >= 11 is 1.53. The van der Waals surface area contributed by atoms with Crippen LogP contribution in [0.5, 0.6) is 5.75 Å². The lowest BCUT2D eigenvalue weighted by Crippen LogP contribution is -2.14. The number of amides is 1. The Bertz CT molecular complexity index is 850.